The number of hydrogen-bond acceptors (Lipinski definition) is 2. The Hall–Kier alpha value is -2.16. The molecule has 1 unspecified atom stereocenters. The fraction of sp³-hybridized carbons (Fsp3) is 0.429. The summed E-state index contributed by atoms with van der Waals surface area (Å²) >= 11 is 0. The van der Waals surface area contributed by atoms with Gasteiger partial charge < -0.3 is 4.90 Å². The Bertz CT molecular complexity index is 681. The van der Waals surface area contributed by atoms with Gasteiger partial charge in [-0.1, -0.05) is 44.2 Å². The molecule has 3 nitrogen and oxygen atoms in total. The van der Waals surface area contributed by atoms with Crippen LogP contribution >= 0.6 is 0 Å². The molecule has 2 heterocycles. The molecule has 1 aliphatic heterocycles. The SMILES string of the molecule is CC(C)C1c2ccccc2CCN1C(=O)CCCc1cccnc1. The van der Waals surface area contributed by atoms with Gasteiger partial charge in [0.1, 0.15) is 0 Å². The molecule has 0 fully saturated rings. The number of benzene rings is 1. The molecule has 3 heteroatoms. The molecule has 0 N–H and O–H groups in total. The van der Waals surface area contributed by atoms with Gasteiger partial charge in [0.25, 0.3) is 0 Å². The van der Waals surface area contributed by atoms with Crippen LogP contribution in [0.3, 0.4) is 0 Å². The number of carbonyl (C=O) groups excluding carboxylic acids is 1. The zero-order valence-electron chi connectivity index (χ0n) is 14.6. The molecule has 1 aromatic heterocycles. The maximum atomic E-state index is 12.8. The lowest BCUT2D eigenvalue weighted by Gasteiger charge is -2.40. The first-order valence-electron chi connectivity index (χ1n) is 8.93. The van der Waals surface area contributed by atoms with Crippen LogP contribution in [0.1, 0.15) is 49.4 Å². The summed E-state index contributed by atoms with van der Waals surface area (Å²) in [5.41, 5.74) is 3.93. The smallest absolute Gasteiger partial charge is 0.223 e. The summed E-state index contributed by atoms with van der Waals surface area (Å²) in [4.78, 5) is 19.1. The fourth-order valence-electron chi connectivity index (χ4n) is 3.73. The summed E-state index contributed by atoms with van der Waals surface area (Å²) in [5, 5.41) is 0. The van der Waals surface area contributed by atoms with E-state index in [4.69, 9.17) is 0 Å². The van der Waals surface area contributed by atoms with Gasteiger partial charge in [-0.05, 0) is 47.9 Å². The lowest BCUT2D eigenvalue weighted by Crippen LogP contribution is -2.42. The van der Waals surface area contributed by atoms with E-state index in [2.05, 4.69) is 54.1 Å². The van der Waals surface area contributed by atoms with Crippen LogP contribution in [0.2, 0.25) is 0 Å². The summed E-state index contributed by atoms with van der Waals surface area (Å²) < 4.78 is 0. The summed E-state index contributed by atoms with van der Waals surface area (Å²) in [6, 6.07) is 12.8. The first kappa shape index (κ1) is 16.7. The van der Waals surface area contributed by atoms with E-state index in [-0.39, 0.29) is 11.9 Å². The van der Waals surface area contributed by atoms with E-state index in [9.17, 15) is 4.79 Å². The van der Waals surface area contributed by atoms with Crippen LogP contribution in [0.5, 0.6) is 0 Å². The van der Waals surface area contributed by atoms with Gasteiger partial charge in [0.15, 0.2) is 0 Å². The van der Waals surface area contributed by atoms with Crippen LogP contribution in [-0.4, -0.2) is 22.3 Å². The molecule has 126 valence electrons. The molecule has 1 amide bonds. The Kier molecular flexibility index (Phi) is 5.29. The van der Waals surface area contributed by atoms with Crippen molar-refractivity contribution in [1.29, 1.82) is 0 Å². The summed E-state index contributed by atoms with van der Waals surface area (Å²) in [7, 11) is 0. The van der Waals surface area contributed by atoms with Gasteiger partial charge in [-0.2, -0.15) is 0 Å². The normalized spacial score (nSPS) is 17.0. The van der Waals surface area contributed by atoms with E-state index in [1.165, 1.54) is 16.7 Å². The Morgan fingerprint density at radius 3 is 2.83 bits per heavy atom. The van der Waals surface area contributed by atoms with E-state index in [0.29, 0.717) is 12.3 Å². The minimum atomic E-state index is 0.209. The number of carbonyl (C=O) groups is 1. The molecule has 2 aromatic rings. The predicted octanol–water partition coefficient (Wildman–Crippen LogP) is 4.19. The average molecular weight is 322 g/mol. The standard InChI is InChI=1S/C21H26N2O/c1-16(2)21-19-10-4-3-9-18(19)12-14-23(21)20(24)11-5-7-17-8-6-13-22-15-17/h3-4,6,8-10,13,15-16,21H,5,7,11-12,14H2,1-2H3. The van der Waals surface area contributed by atoms with Crippen molar-refractivity contribution in [3.8, 4) is 0 Å². The summed E-state index contributed by atoms with van der Waals surface area (Å²) in [6.45, 7) is 5.26. The molecular formula is C21H26N2O. The topological polar surface area (TPSA) is 33.2 Å². The van der Waals surface area contributed by atoms with E-state index >= 15 is 0 Å². The van der Waals surface area contributed by atoms with Crippen molar-refractivity contribution in [2.45, 2.75) is 45.6 Å². The maximum Gasteiger partial charge on any atom is 0.223 e. The molecule has 24 heavy (non-hydrogen) atoms. The van der Waals surface area contributed by atoms with Crippen molar-refractivity contribution in [3.05, 3.63) is 65.5 Å². The first-order chi connectivity index (χ1) is 11.7. The Labute approximate surface area is 144 Å². The predicted molar refractivity (Wildman–Crippen MR) is 96.6 cm³/mol. The molecule has 1 aliphatic rings. The van der Waals surface area contributed by atoms with Crippen molar-refractivity contribution in [1.82, 2.24) is 9.88 Å². The third-order valence-electron chi connectivity index (χ3n) is 4.86. The first-order valence-corrected chi connectivity index (χ1v) is 8.93. The van der Waals surface area contributed by atoms with Crippen LogP contribution in [0, 0.1) is 5.92 Å². The summed E-state index contributed by atoms with van der Waals surface area (Å²) in [6.07, 6.45) is 7.05. The molecule has 0 radical (unpaired) electrons. The number of rotatable bonds is 5. The highest BCUT2D eigenvalue weighted by Crippen LogP contribution is 2.35. The fourth-order valence-corrected chi connectivity index (χ4v) is 3.73. The maximum absolute atomic E-state index is 12.8. The molecular weight excluding hydrogens is 296 g/mol. The minimum absolute atomic E-state index is 0.209. The number of pyridine rings is 1. The zero-order valence-corrected chi connectivity index (χ0v) is 14.6. The zero-order chi connectivity index (χ0) is 16.9. The molecule has 3 rings (SSSR count). The highest BCUT2D eigenvalue weighted by Gasteiger charge is 2.32. The van der Waals surface area contributed by atoms with Crippen LogP contribution in [-0.2, 0) is 17.6 Å². The average Bonchev–Trinajstić information content (AvgIpc) is 2.61. The van der Waals surface area contributed by atoms with Gasteiger partial charge in [0, 0.05) is 25.4 Å². The molecule has 1 aromatic carbocycles. The number of aromatic nitrogens is 1. The quantitative estimate of drug-likeness (QED) is 0.827. The molecule has 0 saturated carbocycles. The number of aryl methyl sites for hydroxylation is 1. The van der Waals surface area contributed by atoms with Gasteiger partial charge >= 0.3 is 0 Å². The second-order valence-corrected chi connectivity index (χ2v) is 6.94. The van der Waals surface area contributed by atoms with Crippen molar-refractivity contribution in [2.24, 2.45) is 5.92 Å². The number of fused-ring (bicyclic) bond motifs is 1. The highest BCUT2D eigenvalue weighted by molar-refractivity contribution is 5.77. The third-order valence-corrected chi connectivity index (χ3v) is 4.86. The highest BCUT2D eigenvalue weighted by atomic mass is 16.2. The van der Waals surface area contributed by atoms with Crippen molar-refractivity contribution in [2.75, 3.05) is 6.54 Å². The van der Waals surface area contributed by atoms with Crippen molar-refractivity contribution >= 4 is 5.91 Å². The van der Waals surface area contributed by atoms with Gasteiger partial charge in [0.2, 0.25) is 5.91 Å². The van der Waals surface area contributed by atoms with Crippen molar-refractivity contribution < 1.29 is 4.79 Å². The Balaban J connectivity index is 1.66. The van der Waals surface area contributed by atoms with E-state index in [1.807, 2.05) is 12.3 Å². The number of amides is 1. The minimum Gasteiger partial charge on any atom is -0.335 e. The lowest BCUT2D eigenvalue weighted by atomic mass is 9.86. The molecule has 0 spiro atoms. The number of nitrogens with zero attached hydrogens (tertiary/aromatic N) is 2. The van der Waals surface area contributed by atoms with Gasteiger partial charge in [-0.15, -0.1) is 0 Å². The molecule has 0 saturated heterocycles. The van der Waals surface area contributed by atoms with E-state index in [0.717, 1.165) is 25.8 Å². The number of hydrogen-bond donors (Lipinski definition) is 0. The van der Waals surface area contributed by atoms with Gasteiger partial charge in [-0.25, -0.2) is 0 Å². The van der Waals surface area contributed by atoms with Gasteiger partial charge in [0.05, 0.1) is 6.04 Å². The van der Waals surface area contributed by atoms with Crippen LogP contribution in [0.4, 0.5) is 0 Å². The van der Waals surface area contributed by atoms with Crippen LogP contribution < -0.4 is 0 Å². The molecule has 1 atom stereocenters. The van der Waals surface area contributed by atoms with E-state index in [1.54, 1.807) is 6.20 Å². The molecule has 0 bridgehead atoms. The third kappa shape index (κ3) is 3.66. The van der Waals surface area contributed by atoms with Crippen molar-refractivity contribution in [3.63, 3.8) is 0 Å². The van der Waals surface area contributed by atoms with Crippen LogP contribution in [0.25, 0.3) is 0 Å². The van der Waals surface area contributed by atoms with Crippen LogP contribution in [0.15, 0.2) is 48.8 Å². The Morgan fingerprint density at radius 1 is 1.25 bits per heavy atom. The lowest BCUT2D eigenvalue weighted by molar-refractivity contribution is -0.135. The summed E-state index contributed by atoms with van der Waals surface area (Å²) in [5.74, 6) is 0.709. The Morgan fingerprint density at radius 2 is 2.08 bits per heavy atom. The second-order valence-electron chi connectivity index (χ2n) is 6.94. The second kappa shape index (κ2) is 7.61. The van der Waals surface area contributed by atoms with E-state index < -0.39 is 0 Å². The monoisotopic (exact) mass is 322 g/mol. The molecule has 0 aliphatic carbocycles. The van der Waals surface area contributed by atoms with Gasteiger partial charge in [-0.3, -0.25) is 9.78 Å². The largest absolute Gasteiger partial charge is 0.335 e.